The average molecular weight is 308 g/mol. The van der Waals surface area contributed by atoms with Crippen LogP contribution >= 0.6 is 0 Å². The third kappa shape index (κ3) is 3.30. The third-order valence-electron chi connectivity index (χ3n) is 3.79. The van der Waals surface area contributed by atoms with Gasteiger partial charge < -0.3 is 15.8 Å². The maximum absolute atomic E-state index is 11.4. The predicted octanol–water partition coefficient (Wildman–Crippen LogP) is 2.15. The van der Waals surface area contributed by atoms with E-state index in [4.69, 9.17) is 10.8 Å². The van der Waals surface area contributed by atoms with Gasteiger partial charge in [-0.1, -0.05) is 36.4 Å². The van der Waals surface area contributed by atoms with Crippen LogP contribution in [0.3, 0.4) is 0 Å². The van der Waals surface area contributed by atoms with E-state index < -0.39 is 12.0 Å². The number of aromatic nitrogens is 1. The van der Waals surface area contributed by atoms with Crippen LogP contribution in [0.2, 0.25) is 0 Å². The van der Waals surface area contributed by atoms with Crippen molar-refractivity contribution >= 4 is 16.9 Å². The maximum atomic E-state index is 11.4. The second-order valence-corrected chi connectivity index (χ2v) is 5.47. The van der Waals surface area contributed by atoms with Crippen molar-refractivity contribution in [3.8, 4) is 11.1 Å². The fraction of sp³-hybridized carbons (Fsp3) is 0.111. The van der Waals surface area contributed by atoms with Crippen molar-refractivity contribution in [1.29, 1.82) is 0 Å². The summed E-state index contributed by atoms with van der Waals surface area (Å²) in [7, 11) is 0. The summed E-state index contributed by atoms with van der Waals surface area (Å²) in [5, 5.41) is 9.81. The number of nitrogens with one attached hydrogen (secondary N) is 1. The van der Waals surface area contributed by atoms with Crippen LogP contribution in [0.5, 0.6) is 0 Å². The molecular formula is C18H16N2O3. The first-order valence-corrected chi connectivity index (χ1v) is 7.24. The highest BCUT2D eigenvalue weighted by molar-refractivity contribution is 5.84. The molecule has 2 aromatic carbocycles. The minimum atomic E-state index is -1.01. The number of hydrogen-bond donors (Lipinski definition) is 3. The fourth-order valence-corrected chi connectivity index (χ4v) is 2.50. The van der Waals surface area contributed by atoms with Gasteiger partial charge >= 0.3 is 5.97 Å². The lowest BCUT2D eigenvalue weighted by atomic mass is 10.00. The summed E-state index contributed by atoms with van der Waals surface area (Å²) in [4.78, 5) is 25.0. The summed E-state index contributed by atoms with van der Waals surface area (Å²) in [6, 6.07) is 15.8. The number of pyridine rings is 1. The summed E-state index contributed by atoms with van der Waals surface area (Å²) in [5.74, 6) is -1.01. The number of rotatable bonds is 4. The lowest BCUT2D eigenvalue weighted by Gasteiger charge is -2.08. The Hall–Kier alpha value is -2.92. The van der Waals surface area contributed by atoms with Gasteiger partial charge in [0.15, 0.2) is 0 Å². The monoisotopic (exact) mass is 308 g/mol. The van der Waals surface area contributed by atoms with Crippen LogP contribution in [0, 0.1) is 0 Å². The number of H-pyrrole nitrogens is 1. The molecule has 1 aromatic heterocycles. The molecule has 0 aliphatic rings. The molecule has 0 radical (unpaired) electrons. The number of fused-ring (bicyclic) bond motifs is 1. The number of carbonyl (C=O) groups is 1. The highest BCUT2D eigenvalue weighted by Gasteiger charge is 2.12. The minimum Gasteiger partial charge on any atom is -0.480 e. The van der Waals surface area contributed by atoms with Crippen LogP contribution in [0.15, 0.2) is 59.4 Å². The Balaban J connectivity index is 1.89. The molecule has 0 fully saturated rings. The molecule has 1 heterocycles. The second-order valence-electron chi connectivity index (χ2n) is 5.47. The van der Waals surface area contributed by atoms with Crippen LogP contribution in [-0.2, 0) is 11.2 Å². The van der Waals surface area contributed by atoms with Crippen molar-refractivity contribution in [2.75, 3.05) is 0 Å². The first-order chi connectivity index (χ1) is 11.0. The van der Waals surface area contributed by atoms with Gasteiger partial charge in [-0.05, 0) is 40.6 Å². The van der Waals surface area contributed by atoms with Gasteiger partial charge in [-0.25, -0.2) is 0 Å². The molecule has 0 spiro atoms. The Kier molecular flexibility index (Phi) is 3.95. The van der Waals surface area contributed by atoms with Gasteiger partial charge in [0.2, 0.25) is 5.56 Å². The topological polar surface area (TPSA) is 96.2 Å². The molecule has 0 bridgehead atoms. The van der Waals surface area contributed by atoms with E-state index in [0.717, 1.165) is 27.6 Å². The number of carboxylic acids is 1. The molecule has 0 aliphatic carbocycles. The smallest absolute Gasteiger partial charge is 0.320 e. The van der Waals surface area contributed by atoms with Crippen molar-refractivity contribution in [3.63, 3.8) is 0 Å². The molecule has 5 nitrogen and oxygen atoms in total. The molecule has 0 saturated heterocycles. The molecule has 23 heavy (non-hydrogen) atoms. The predicted molar refractivity (Wildman–Crippen MR) is 89.3 cm³/mol. The Morgan fingerprint density at radius 3 is 2.39 bits per heavy atom. The number of hydrogen-bond acceptors (Lipinski definition) is 3. The number of aromatic amines is 1. The highest BCUT2D eigenvalue weighted by atomic mass is 16.4. The average Bonchev–Trinajstić information content (AvgIpc) is 2.54. The zero-order chi connectivity index (χ0) is 16.4. The summed E-state index contributed by atoms with van der Waals surface area (Å²) in [5.41, 5.74) is 9.04. The van der Waals surface area contributed by atoms with Gasteiger partial charge in [0.05, 0.1) is 0 Å². The van der Waals surface area contributed by atoms with Crippen LogP contribution in [0.1, 0.15) is 5.56 Å². The van der Waals surface area contributed by atoms with Gasteiger partial charge in [-0.2, -0.15) is 0 Å². The molecule has 0 aliphatic heterocycles. The van der Waals surface area contributed by atoms with Gasteiger partial charge in [0.1, 0.15) is 6.04 Å². The van der Waals surface area contributed by atoms with Crippen LogP contribution in [0.4, 0.5) is 0 Å². The standard InChI is InChI=1S/C18H16N2O3/c19-15(18(22)23)9-11-1-3-12(4-2-11)14-6-5-13-7-8-17(21)20-16(13)10-14/h1-8,10,15H,9,19H2,(H,20,21)(H,22,23)/t15-/m0/s1. The third-order valence-corrected chi connectivity index (χ3v) is 3.79. The molecule has 116 valence electrons. The molecule has 3 rings (SSSR count). The van der Waals surface area contributed by atoms with Crippen LogP contribution in [0.25, 0.3) is 22.0 Å². The van der Waals surface area contributed by atoms with Crippen molar-refractivity contribution in [1.82, 2.24) is 4.98 Å². The first kappa shape index (κ1) is 15.0. The molecule has 0 unspecified atom stereocenters. The minimum absolute atomic E-state index is 0.132. The summed E-state index contributed by atoms with van der Waals surface area (Å²) < 4.78 is 0. The molecule has 0 saturated carbocycles. The number of benzene rings is 2. The Morgan fingerprint density at radius 1 is 1.04 bits per heavy atom. The SMILES string of the molecule is N[C@@H](Cc1ccc(-c2ccc3ccc(=O)[nH]c3c2)cc1)C(=O)O. The molecule has 1 atom stereocenters. The van der Waals surface area contributed by atoms with Crippen molar-refractivity contribution in [3.05, 3.63) is 70.5 Å². The lowest BCUT2D eigenvalue weighted by Crippen LogP contribution is -2.32. The quantitative estimate of drug-likeness (QED) is 0.688. The number of nitrogens with two attached hydrogens (primary N) is 1. The normalized spacial score (nSPS) is 12.2. The second kappa shape index (κ2) is 6.06. The summed E-state index contributed by atoms with van der Waals surface area (Å²) in [6.07, 6.45) is 0.292. The largest absolute Gasteiger partial charge is 0.480 e. The van der Waals surface area contributed by atoms with Crippen molar-refractivity contribution in [2.45, 2.75) is 12.5 Å². The Bertz CT molecular complexity index is 913. The van der Waals surface area contributed by atoms with E-state index in [-0.39, 0.29) is 5.56 Å². The van der Waals surface area contributed by atoms with E-state index in [2.05, 4.69) is 4.98 Å². The van der Waals surface area contributed by atoms with E-state index >= 15 is 0 Å². The molecular weight excluding hydrogens is 292 g/mol. The number of aliphatic carboxylic acids is 1. The number of carboxylic acid groups (broad SMARTS) is 1. The van der Waals surface area contributed by atoms with Crippen LogP contribution in [-0.4, -0.2) is 22.1 Å². The fourth-order valence-electron chi connectivity index (χ4n) is 2.50. The zero-order valence-corrected chi connectivity index (χ0v) is 12.3. The molecule has 5 heteroatoms. The van der Waals surface area contributed by atoms with E-state index in [9.17, 15) is 9.59 Å². The molecule has 3 aromatic rings. The van der Waals surface area contributed by atoms with Gasteiger partial charge in [-0.15, -0.1) is 0 Å². The van der Waals surface area contributed by atoms with Gasteiger partial charge in [-0.3, -0.25) is 9.59 Å². The maximum Gasteiger partial charge on any atom is 0.320 e. The van der Waals surface area contributed by atoms with Gasteiger partial charge in [0.25, 0.3) is 0 Å². The van der Waals surface area contributed by atoms with E-state index in [1.807, 2.05) is 42.5 Å². The summed E-state index contributed by atoms with van der Waals surface area (Å²) >= 11 is 0. The van der Waals surface area contributed by atoms with Gasteiger partial charge in [0, 0.05) is 11.6 Å². The zero-order valence-electron chi connectivity index (χ0n) is 12.3. The Labute approximate surface area is 132 Å². The molecule has 4 N–H and O–H groups in total. The van der Waals surface area contributed by atoms with E-state index in [1.165, 1.54) is 6.07 Å². The highest BCUT2D eigenvalue weighted by Crippen LogP contribution is 2.23. The van der Waals surface area contributed by atoms with E-state index in [1.54, 1.807) is 6.07 Å². The molecule has 0 amide bonds. The summed E-state index contributed by atoms with van der Waals surface area (Å²) in [6.45, 7) is 0. The van der Waals surface area contributed by atoms with Crippen LogP contribution < -0.4 is 11.3 Å². The van der Waals surface area contributed by atoms with Crippen molar-refractivity contribution < 1.29 is 9.90 Å². The lowest BCUT2D eigenvalue weighted by molar-refractivity contribution is -0.138. The first-order valence-electron chi connectivity index (χ1n) is 7.24. The van der Waals surface area contributed by atoms with E-state index in [0.29, 0.717) is 6.42 Å². The Morgan fingerprint density at radius 2 is 1.70 bits per heavy atom. The van der Waals surface area contributed by atoms with Crippen molar-refractivity contribution in [2.24, 2.45) is 5.73 Å².